The zero-order valence-corrected chi connectivity index (χ0v) is 18.1. The summed E-state index contributed by atoms with van der Waals surface area (Å²) in [6.07, 6.45) is 10.1. The third-order valence-electron chi connectivity index (χ3n) is 6.76. The van der Waals surface area contributed by atoms with Gasteiger partial charge in [-0.2, -0.15) is 0 Å². The fourth-order valence-electron chi connectivity index (χ4n) is 4.87. The van der Waals surface area contributed by atoms with Gasteiger partial charge in [0.1, 0.15) is 6.33 Å². The maximum Gasteiger partial charge on any atom is 0.287 e. The summed E-state index contributed by atoms with van der Waals surface area (Å²) in [6, 6.07) is 0.357. The second kappa shape index (κ2) is 8.43. The molecule has 3 heterocycles. The molecule has 2 N–H and O–H groups in total. The van der Waals surface area contributed by atoms with Gasteiger partial charge in [0.2, 0.25) is 11.7 Å². The fraction of sp³-hybridized carbons (Fsp3) is 0.682. The minimum Gasteiger partial charge on any atom is -0.364 e. The highest BCUT2D eigenvalue weighted by molar-refractivity contribution is 5.96. The topological polar surface area (TPSA) is 105 Å². The second-order valence-corrected chi connectivity index (χ2v) is 9.07. The number of fused-ring (bicyclic) bond motifs is 1. The van der Waals surface area contributed by atoms with Crippen molar-refractivity contribution in [3.8, 4) is 0 Å². The first-order valence-electron chi connectivity index (χ1n) is 11.7. The number of aromatic nitrogens is 4. The molecular weight excluding hydrogens is 394 g/mol. The molecule has 1 atom stereocenters. The Morgan fingerprint density at radius 2 is 1.87 bits per heavy atom. The standard InChI is InChI=1S/C22H31N7O2/c1-2-29-19-17(27-20(29)21(30)26-15-6-4-3-5-7-15)18(23-13-24-19)25-16-10-11-28(12-16)22(31)14-8-9-14/h13-16H,2-12H2,1H3,(H,26,30)(H,23,24,25)/t16-/m0/s1. The summed E-state index contributed by atoms with van der Waals surface area (Å²) in [6.45, 7) is 4.06. The van der Waals surface area contributed by atoms with E-state index < -0.39 is 0 Å². The van der Waals surface area contributed by atoms with Crippen molar-refractivity contribution in [3.63, 3.8) is 0 Å². The van der Waals surface area contributed by atoms with Crippen molar-refractivity contribution >= 4 is 28.8 Å². The highest BCUT2D eigenvalue weighted by atomic mass is 16.2. The molecule has 1 aliphatic heterocycles. The number of hydrogen-bond acceptors (Lipinski definition) is 6. The van der Waals surface area contributed by atoms with E-state index in [2.05, 4.69) is 25.6 Å². The number of carbonyl (C=O) groups excluding carboxylic acids is 2. The smallest absolute Gasteiger partial charge is 0.287 e. The van der Waals surface area contributed by atoms with Crippen LogP contribution in [-0.4, -0.2) is 61.4 Å². The second-order valence-electron chi connectivity index (χ2n) is 9.07. The minimum atomic E-state index is -0.139. The van der Waals surface area contributed by atoms with Crippen molar-refractivity contribution in [2.45, 2.75) is 76.9 Å². The molecule has 2 aromatic heterocycles. The van der Waals surface area contributed by atoms with Crippen molar-refractivity contribution in [3.05, 3.63) is 12.2 Å². The SMILES string of the molecule is CCn1c(C(=O)NC2CCCCC2)nc2c(N[C@H]3CCN(C(=O)C4CC4)C3)ncnc21. The molecule has 2 amide bonds. The van der Waals surface area contributed by atoms with E-state index in [-0.39, 0.29) is 29.8 Å². The molecule has 31 heavy (non-hydrogen) atoms. The quantitative estimate of drug-likeness (QED) is 0.736. The summed E-state index contributed by atoms with van der Waals surface area (Å²) >= 11 is 0. The molecule has 9 nitrogen and oxygen atoms in total. The summed E-state index contributed by atoms with van der Waals surface area (Å²) in [5.41, 5.74) is 1.28. The number of amides is 2. The molecule has 3 aliphatic rings. The first kappa shape index (κ1) is 20.2. The van der Waals surface area contributed by atoms with E-state index in [9.17, 15) is 9.59 Å². The molecule has 2 aliphatic carbocycles. The zero-order chi connectivity index (χ0) is 21.4. The van der Waals surface area contributed by atoms with Gasteiger partial charge in [-0.15, -0.1) is 0 Å². The number of anilines is 1. The number of nitrogens with one attached hydrogen (secondary N) is 2. The minimum absolute atomic E-state index is 0.132. The lowest BCUT2D eigenvalue weighted by atomic mass is 9.95. The Balaban J connectivity index is 1.34. The molecule has 9 heteroatoms. The molecular formula is C22H31N7O2. The molecule has 0 spiro atoms. The first-order valence-corrected chi connectivity index (χ1v) is 11.7. The molecule has 166 valence electrons. The Kier molecular flexibility index (Phi) is 5.50. The van der Waals surface area contributed by atoms with E-state index in [4.69, 9.17) is 0 Å². The van der Waals surface area contributed by atoms with E-state index in [0.29, 0.717) is 35.9 Å². The number of carbonyl (C=O) groups is 2. The average Bonchev–Trinajstić information content (AvgIpc) is 3.41. The fourth-order valence-corrected chi connectivity index (χ4v) is 4.87. The van der Waals surface area contributed by atoms with Gasteiger partial charge < -0.3 is 20.1 Å². The van der Waals surface area contributed by atoms with Crippen LogP contribution in [-0.2, 0) is 11.3 Å². The first-order chi connectivity index (χ1) is 15.1. The molecule has 3 fully saturated rings. The van der Waals surface area contributed by atoms with Gasteiger partial charge in [-0.25, -0.2) is 15.0 Å². The number of likely N-dealkylation sites (tertiary alicyclic amines) is 1. The molecule has 0 unspecified atom stereocenters. The van der Waals surface area contributed by atoms with Gasteiger partial charge in [0.05, 0.1) is 0 Å². The summed E-state index contributed by atoms with van der Waals surface area (Å²) in [7, 11) is 0. The van der Waals surface area contributed by atoms with Crippen LogP contribution in [0.15, 0.2) is 6.33 Å². The Morgan fingerprint density at radius 1 is 1.06 bits per heavy atom. The summed E-state index contributed by atoms with van der Waals surface area (Å²) < 4.78 is 1.86. The number of hydrogen-bond donors (Lipinski definition) is 2. The van der Waals surface area contributed by atoms with Gasteiger partial charge in [-0.1, -0.05) is 19.3 Å². The van der Waals surface area contributed by atoms with Gasteiger partial charge in [0, 0.05) is 37.6 Å². The summed E-state index contributed by atoms with van der Waals surface area (Å²) in [5.74, 6) is 1.42. The monoisotopic (exact) mass is 425 g/mol. The molecule has 2 saturated carbocycles. The van der Waals surface area contributed by atoms with Crippen molar-refractivity contribution in [1.82, 2.24) is 29.7 Å². The summed E-state index contributed by atoms with van der Waals surface area (Å²) in [4.78, 5) is 40.8. The van der Waals surface area contributed by atoms with Crippen LogP contribution in [0.4, 0.5) is 5.82 Å². The van der Waals surface area contributed by atoms with Crippen LogP contribution in [0.2, 0.25) is 0 Å². The van der Waals surface area contributed by atoms with Crippen LogP contribution in [0.5, 0.6) is 0 Å². The lowest BCUT2D eigenvalue weighted by Gasteiger charge is -2.22. The van der Waals surface area contributed by atoms with Crippen molar-refractivity contribution in [1.29, 1.82) is 0 Å². The summed E-state index contributed by atoms with van der Waals surface area (Å²) in [5, 5.41) is 6.62. The lowest BCUT2D eigenvalue weighted by Crippen LogP contribution is -2.37. The predicted octanol–water partition coefficient (Wildman–Crippen LogP) is 2.33. The van der Waals surface area contributed by atoms with Gasteiger partial charge in [0.25, 0.3) is 5.91 Å². The average molecular weight is 426 g/mol. The van der Waals surface area contributed by atoms with Crippen LogP contribution in [0.3, 0.4) is 0 Å². The molecule has 2 aromatic rings. The molecule has 0 radical (unpaired) electrons. The van der Waals surface area contributed by atoms with Crippen LogP contribution >= 0.6 is 0 Å². The normalized spacial score (nSPS) is 22.1. The van der Waals surface area contributed by atoms with Crippen molar-refractivity contribution in [2.24, 2.45) is 5.92 Å². The van der Waals surface area contributed by atoms with E-state index in [1.54, 1.807) is 0 Å². The van der Waals surface area contributed by atoms with E-state index in [0.717, 1.165) is 51.5 Å². The molecule has 5 rings (SSSR count). The van der Waals surface area contributed by atoms with Crippen LogP contribution < -0.4 is 10.6 Å². The number of nitrogens with zero attached hydrogens (tertiary/aromatic N) is 5. The molecule has 0 aromatic carbocycles. The van der Waals surface area contributed by atoms with E-state index in [1.807, 2.05) is 16.4 Å². The Bertz CT molecular complexity index is 978. The highest BCUT2D eigenvalue weighted by Gasteiger charge is 2.37. The number of aryl methyl sites for hydroxylation is 1. The zero-order valence-electron chi connectivity index (χ0n) is 18.1. The van der Waals surface area contributed by atoms with Gasteiger partial charge in [-0.3, -0.25) is 9.59 Å². The van der Waals surface area contributed by atoms with Crippen LogP contribution in [0, 0.1) is 5.92 Å². The van der Waals surface area contributed by atoms with Gasteiger partial charge >= 0.3 is 0 Å². The van der Waals surface area contributed by atoms with Crippen molar-refractivity contribution < 1.29 is 9.59 Å². The third kappa shape index (κ3) is 4.09. The third-order valence-corrected chi connectivity index (χ3v) is 6.76. The Labute approximate surface area is 182 Å². The van der Waals surface area contributed by atoms with Crippen LogP contribution in [0.1, 0.15) is 68.9 Å². The molecule has 0 bridgehead atoms. The number of rotatable bonds is 6. The number of imidazole rings is 1. The van der Waals surface area contributed by atoms with Crippen LogP contribution in [0.25, 0.3) is 11.2 Å². The largest absolute Gasteiger partial charge is 0.364 e. The van der Waals surface area contributed by atoms with Crippen molar-refractivity contribution in [2.75, 3.05) is 18.4 Å². The predicted molar refractivity (Wildman–Crippen MR) is 117 cm³/mol. The Hall–Kier alpha value is -2.71. The van der Waals surface area contributed by atoms with E-state index >= 15 is 0 Å². The highest BCUT2D eigenvalue weighted by Crippen LogP contribution is 2.32. The molecule has 1 saturated heterocycles. The van der Waals surface area contributed by atoms with Gasteiger partial charge in [-0.05, 0) is 39.0 Å². The van der Waals surface area contributed by atoms with E-state index in [1.165, 1.54) is 12.7 Å². The maximum absolute atomic E-state index is 13.0. The Morgan fingerprint density at radius 3 is 2.61 bits per heavy atom. The van der Waals surface area contributed by atoms with Gasteiger partial charge in [0.15, 0.2) is 17.0 Å². The maximum atomic E-state index is 13.0. The lowest BCUT2D eigenvalue weighted by molar-refractivity contribution is -0.131.